The van der Waals surface area contributed by atoms with Crippen LogP contribution in [0.5, 0.6) is 0 Å². The highest BCUT2D eigenvalue weighted by Gasteiger charge is 2.29. The number of benzene rings is 1. The molecule has 1 aliphatic heterocycles. The van der Waals surface area contributed by atoms with Gasteiger partial charge in [0.25, 0.3) is 5.91 Å². The Hall–Kier alpha value is -2.28. The lowest BCUT2D eigenvalue weighted by Crippen LogP contribution is -2.28. The number of hydrogen-bond donors (Lipinski definition) is 0. The fourth-order valence-corrected chi connectivity index (χ4v) is 3.84. The number of thiophene rings is 1. The third-order valence-electron chi connectivity index (χ3n) is 3.95. The number of amides is 1. The monoisotopic (exact) mass is 316 g/mol. The van der Waals surface area contributed by atoms with Crippen LogP contribution in [0.4, 0.5) is 4.39 Å². The highest BCUT2D eigenvalue weighted by Crippen LogP contribution is 2.29. The molecule has 7 heteroatoms. The second-order valence-electron chi connectivity index (χ2n) is 5.37. The molecule has 0 saturated carbocycles. The van der Waals surface area contributed by atoms with Gasteiger partial charge in [-0.25, -0.2) is 9.07 Å². The molecule has 1 atom stereocenters. The maximum absolute atomic E-state index is 13.2. The second-order valence-corrected chi connectivity index (χ2v) is 6.45. The summed E-state index contributed by atoms with van der Waals surface area (Å²) in [5.74, 6) is -0.277. The minimum Gasteiger partial charge on any atom is -0.336 e. The van der Waals surface area contributed by atoms with Gasteiger partial charge in [0, 0.05) is 24.0 Å². The molecule has 0 radical (unpaired) electrons. The fourth-order valence-electron chi connectivity index (χ4n) is 2.83. The van der Waals surface area contributed by atoms with Crippen LogP contribution in [0.3, 0.4) is 0 Å². The van der Waals surface area contributed by atoms with Gasteiger partial charge in [-0.15, -0.1) is 16.4 Å². The molecule has 2 aromatic heterocycles. The summed E-state index contributed by atoms with van der Waals surface area (Å²) >= 11 is 1.41. The number of rotatable bonds is 2. The number of fused-ring (bicyclic) bond motifs is 1. The van der Waals surface area contributed by atoms with Crippen molar-refractivity contribution in [3.63, 3.8) is 0 Å². The Balaban J connectivity index is 1.56. The molecular formula is C15H13FN4OS. The summed E-state index contributed by atoms with van der Waals surface area (Å²) in [5, 5.41) is 8.58. The van der Waals surface area contributed by atoms with E-state index in [0.29, 0.717) is 18.0 Å². The van der Waals surface area contributed by atoms with Crippen LogP contribution in [0.15, 0.2) is 36.7 Å². The van der Waals surface area contributed by atoms with Crippen molar-refractivity contribution in [3.8, 4) is 0 Å². The van der Waals surface area contributed by atoms with Crippen LogP contribution < -0.4 is 0 Å². The molecule has 0 aliphatic carbocycles. The Morgan fingerprint density at radius 2 is 2.27 bits per heavy atom. The van der Waals surface area contributed by atoms with E-state index < -0.39 is 0 Å². The van der Waals surface area contributed by atoms with Gasteiger partial charge in [0.15, 0.2) is 0 Å². The van der Waals surface area contributed by atoms with Gasteiger partial charge < -0.3 is 4.90 Å². The summed E-state index contributed by atoms with van der Waals surface area (Å²) in [6, 6.07) is 6.55. The first kappa shape index (κ1) is 13.4. The number of nitrogens with zero attached hydrogens (tertiary/aromatic N) is 4. The summed E-state index contributed by atoms with van der Waals surface area (Å²) in [5.41, 5.74) is 0. The molecule has 5 nitrogen and oxygen atoms in total. The van der Waals surface area contributed by atoms with E-state index in [0.717, 1.165) is 16.5 Å². The van der Waals surface area contributed by atoms with Crippen LogP contribution in [0.1, 0.15) is 22.1 Å². The Kier molecular flexibility index (Phi) is 3.15. The molecule has 1 saturated heterocycles. The van der Waals surface area contributed by atoms with E-state index in [4.69, 9.17) is 0 Å². The van der Waals surface area contributed by atoms with Crippen LogP contribution in [-0.2, 0) is 0 Å². The Morgan fingerprint density at radius 1 is 1.36 bits per heavy atom. The van der Waals surface area contributed by atoms with Crippen LogP contribution in [0.2, 0.25) is 0 Å². The number of carbonyl (C=O) groups is 1. The van der Waals surface area contributed by atoms with E-state index in [-0.39, 0.29) is 17.8 Å². The summed E-state index contributed by atoms with van der Waals surface area (Å²) in [6.45, 7) is 1.33. The number of aromatic nitrogens is 3. The maximum atomic E-state index is 13.2. The van der Waals surface area contributed by atoms with Crippen molar-refractivity contribution >= 4 is 27.3 Å². The molecule has 0 N–H and O–H groups in total. The number of halogens is 1. The highest BCUT2D eigenvalue weighted by atomic mass is 32.1. The molecule has 0 bridgehead atoms. The van der Waals surface area contributed by atoms with E-state index in [1.54, 1.807) is 23.0 Å². The van der Waals surface area contributed by atoms with Crippen LogP contribution in [0, 0.1) is 5.82 Å². The lowest BCUT2D eigenvalue weighted by molar-refractivity contribution is 0.0792. The molecule has 1 aromatic carbocycles. The predicted molar refractivity (Wildman–Crippen MR) is 81.4 cm³/mol. The maximum Gasteiger partial charge on any atom is 0.264 e. The Morgan fingerprint density at radius 3 is 3.09 bits per heavy atom. The number of carbonyl (C=O) groups excluding carboxylic acids is 1. The molecule has 1 unspecified atom stereocenters. The normalized spacial score (nSPS) is 18.2. The first-order valence-electron chi connectivity index (χ1n) is 7.05. The molecule has 4 rings (SSSR count). The molecule has 0 spiro atoms. The van der Waals surface area contributed by atoms with Crippen LogP contribution >= 0.6 is 11.3 Å². The molecule has 3 heterocycles. The number of likely N-dealkylation sites (tertiary alicyclic amines) is 1. The van der Waals surface area contributed by atoms with Crippen LogP contribution in [0.25, 0.3) is 10.1 Å². The highest BCUT2D eigenvalue weighted by molar-refractivity contribution is 7.20. The molecule has 3 aromatic rings. The largest absolute Gasteiger partial charge is 0.336 e. The smallest absolute Gasteiger partial charge is 0.264 e. The van der Waals surface area contributed by atoms with Gasteiger partial charge in [-0.3, -0.25) is 4.79 Å². The molecule has 112 valence electrons. The van der Waals surface area contributed by atoms with Gasteiger partial charge in [-0.1, -0.05) is 5.21 Å². The minimum atomic E-state index is -0.281. The van der Waals surface area contributed by atoms with Gasteiger partial charge in [0.1, 0.15) is 5.82 Å². The zero-order valence-electron chi connectivity index (χ0n) is 11.6. The second kappa shape index (κ2) is 5.17. The standard InChI is InChI=1S/C15H13FN4OS/c16-11-1-2-13-10(7-11)8-14(22-13)15(21)19-5-3-12(9-19)20-6-4-17-18-20/h1-2,4,6-8,12H,3,5,9H2. The van der Waals surface area contributed by atoms with Crippen molar-refractivity contribution in [2.45, 2.75) is 12.5 Å². The third kappa shape index (κ3) is 2.27. The molecular weight excluding hydrogens is 303 g/mol. The van der Waals surface area contributed by atoms with Crippen molar-refractivity contribution in [2.24, 2.45) is 0 Å². The quantitative estimate of drug-likeness (QED) is 0.730. The average molecular weight is 316 g/mol. The molecule has 1 aliphatic rings. The Bertz CT molecular complexity index is 829. The first-order valence-corrected chi connectivity index (χ1v) is 7.86. The van der Waals surface area contributed by atoms with Crippen LogP contribution in [-0.4, -0.2) is 38.9 Å². The SMILES string of the molecule is O=C(c1cc2cc(F)ccc2s1)N1CCC(n2ccnn2)C1. The van der Waals surface area contributed by atoms with Gasteiger partial charge in [0.2, 0.25) is 0 Å². The van der Waals surface area contributed by atoms with Gasteiger partial charge >= 0.3 is 0 Å². The minimum absolute atomic E-state index is 0.00391. The zero-order chi connectivity index (χ0) is 15.1. The van der Waals surface area contributed by atoms with Crippen molar-refractivity contribution in [2.75, 3.05) is 13.1 Å². The van der Waals surface area contributed by atoms with E-state index in [1.165, 1.54) is 23.5 Å². The van der Waals surface area contributed by atoms with Crippen molar-refractivity contribution in [1.29, 1.82) is 0 Å². The van der Waals surface area contributed by atoms with Crippen molar-refractivity contribution in [1.82, 2.24) is 19.9 Å². The zero-order valence-corrected chi connectivity index (χ0v) is 12.5. The third-order valence-corrected chi connectivity index (χ3v) is 5.06. The van der Waals surface area contributed by atoms with E-state index >= 15 is 0 Å². The fraction of sp³-hybridized carbons (Fsp3) is 0.267. The van der Waals surface area contributed by atoms with Crippen molar-refractivity contribution in [3.05, 3.63) is 47.4 Å². The molecule has 1 fully saturated rings. The van der Waals surface area contributed by atoms with E-state index in [9.17, 15) is 9.18 Å². The summed E-state index contributed by atoms with van der Waals surface area (Å²) in [4.78, 5) is 15.1. The summed E-state index contributed by atoms with van der Waals surface area (Å²) in [6.07, 6.45) is 4.33. The lowest BCUT2D eigenvalue weighted by Gasteiger charge is -2.15. The van der Waals surface area contributed by atoms with Gasteiger partial charge in [-0.05, 0) is 36.1 Å². The summed E-state index contributed by atoms with van der Waals surface area (Å²) < 4.78 is 16.0. The predicted octanol–water partition coefficient (Wildman–Crippen LogP) is 2.72. The number of hydrogen-bond acceptors (Lipinski definition) is 4. The van der Waals surface area contributed by atoms with E-state index in [1.807, 2.05) is 11.1 Å². The molecule has 22 heavy (non-hydrogen) atoms. The average Bonchev–Trinajstić information content (AvgIpc) is 3.24. The summed E-state index contributed by atoms with van der Waals surface area (Å²) in [7, 11) is 0. The van der Waals surface area contributed by atoms with Crippen molar-refractivity contribution < 1.29 is 9.18 Å². The van der Waals surface area contributed by atoms with Gasteiger partial charge in [-0.2, -0.15) is 0 Å². The topological polar surface area (TPSA) is 51.0 Å². The first-order chi connectivity index (χ1) is 10.7. The lowest BCUT2D eigenvalue weighted by atomic mass is 10.2. The van der Waals surface area contributed by atoms with E-state index in [2.05, 4.69) is 10.3 Å². The Labute approximate surface area is 130 Å². The van der Waals surface area contributed by atoms with Gasteiger partial charge in [0.05, 0.1) is 17.1 Å². The molecule has 1 amide bonds.